The first-order valence-corrected chi connectivity index (χ1v) is 6.30. The van der Waals surface area contributed by atoms with Gasteiger partial charge in [-0.15, -0.1) is 0 Å². The zero-order chi connectivity index (χ0) is 13.9. The summed E-state index contributed by atoms with van der Waals surface area (Å²) in [6.07, 6.45) is -4.40. The lowest BCUT2D eigenvalue weighted by Gasteiger charge is -2.13. The summed E-state index contributed by atoms with van der Waals surface area (Å²) in [7, 11) is 1.24. The number of hydrogen-bond acceptors (Lipinski definition) is 2. The number of methoxy groups -OCH3 is 1. The van der Waals surface area contributed by atoms with E-state index in [-0.39, 0.29) is 5.75 Å². The second-order valence-electron chi connectivity index (χ2n) is 3.77. The van der Waals surface area contributed by atoms with Gasteiger partial charge in [0.2, 0.25) is 0 Å². The summed E-state index contributed by atoms with van der Waals surface area (Å²) in [6.45, 7) is 0. The summed E-state index contributed by atoms with van der Waals surface area (Å²) in [5.41, 5.74) is -0.757. The molecule has 0 heterocycles. The molecule has 0 aliphatic rings. The van der Waals surface area contributed by atoms with E-state index in [1.54, 1.807) is 0 Å². The van der Waals surface area contributed by atoms with E-state index in [2.05, 4.69) is 0 Å². The van der Waals surface area contributed by atoms with Crippen molar-refractivity contribution >= 4 is 11.8 Å². The molecule has 100 valence electrons. The molecule has 0 aliphatic carbocycles. The highest BCUT2D eigenvalue weighted by atomic mass is 32.2. The van der Waals surface area contributed by atoms with Crippen LogP contribution in [0.3, 0.4) is 0 Å². The lowest BCUT2D eigenvalue weighted by atomic mass is 10.2. The molecule has 19 heavy (non-hydrogen) atoms. The normalized spacial score (nSPS) is 11.4. The molecule has 2 rings (SSSR count). The first kappa shape index (κ1) is 13.8. The molecule has 0 aromatic heterocycles. The second-order valence-corrected chi connectivity index (χ2v) is 4.92. The third-order valence-electron chi connectivity index (χ3n) is 2.46. The van der Waals surface area contributed by atoms with Crippen molar-refractivity contribution in [1.82, 2.24) is 0 Å². The molecule has 2 aromatic carbocycles. The molecular formula is C14H11F3OS. The van der Waals surface area contributed by atoms with Crippen LogP contribution in [0.4, 0.5) is 13.2 Å². The fraction of sp³-hybridized carbons (Fsp3) is 0.143. The van der Waals surface area contributed by atoms with Crippen molar-refractivity contribution in [2.45, 2.75) is 16.0 Å². The molecule has 0 unspecified atom stereocenters. The predicted octanol–water partition coefficient (Wildman–Crippen LogP) is 4.87. The molecule has 1 nitrogen and oxygen atoms in total. The third kappa shape index (κ3) is 3.44. The highest BCUT2D eigenvalue weighted by Gasteiger charge is 2.34. The van der Waals surface area contributed by atoms with Crippen molar-refractivity contribution in [3.05, 3.63) is 54.1 Å². The molecule has 2 aromatic rings. The van der Waals surface area contributed by atoms with Crippen molar-refractivity contribution in [2.24, 2.45) is 0 Å². The van der Waals surface area contributed by atoms with Crippen LogP contribution in [-0.2, 0) is 6.18 Å². The van der Waals surface area contributed by atoms with E-state index < -0.39 is 11.7 Å². The lowest BCUT2D eigenvalue weighted by molar-refractivity contribution is -0.138. The Kier molecular flexibility index (Phi) is 4.04. The number of halogens is 3. The minimum absolute atomic E-state index is 0.159. The maximum Gasteiger partial charge on any atom is 0.419 e. The standard InChI is InChI=1S/C14H11F3OS/c1-18-13-9-11(7-8-12(13)14(15,16)17)19-10-5-3-2-4-6-10/h2-9H,1H3. The summed E-state index contributed by atoms with van der Waals surface area (Å²) < 4.78 is 42.9. The maximum atomic E-state index is 12.7. The topological polar surface area (TPSA) is 9.23 Å². The zero-order valence-corrected chi connectivity index (χ0v) is 10.9. The van der Waals surface area contributed by atoms with Crippen LogP contribution in [0.1, 0.15) is 5.56 Å². The van der Waals surface area contributed by atoms with Gasteiger partial charge >= 0.3 is 6.18 Å². The molecule has 0 saturated heterocycles. The van der Waals surface area contributed by atoms with Gasteiger partial charge in [-0.3, -0.25) is 0 Å². The Morgan fingerprint density at radius 1 is 0.947 bits per heavy atom. The van der Waals surface area contributed by atoms with Gasteiger partial charge in [0, 0.05) is 9.79 Å². The fourth-order valence-electron chi connectivity index (χ4n) is 1.59. The van der Waals surface area contributed by atoms with E-state index >= 15 is 0 Å². The number of rotatable bonds is 3. The van der Waals surface area contributed by atoms with Crippen LogP contribution in [0, 0.1) is 0 Å². The van der Waals surface area contributed by atoms with Crippen LogP contribution in [0.15, 0.2) is 58.3 Å². The predicted molar refractivity (Wildman–Crippen MR) is 68.6 cm³/mol. The quantitative estimate of drug-likeness (QED) is 0.795. The summed E-state index contributed by atoms with van der Waals surface area (Å²) in [4.78, 5) is 1.67. The van der Waals surface area contributed by atoms with Gasteiger partial charge < -0.3 is 4.74 Å². The molecule has 0 bridgehead atoms. The fourth-order valence-corrected chi connectivity index (χ4v) is 2.46. The molecule has 0 spiro atoms. The van der Waals surface area contributed by atoms with Crippen molar-refractivity contribution in [3.8, 4) is 5.75 Å². The first-order chi connectivity index (χ1) is 9.00. The highest BCUT2D eigenvalue weighted by Crippen LogP contribution is 2.39. The van der Waals surface area contributed by atoms with Crippen LogP contribution in [0.25, 0.3) is 0 Å². The second kappa shape index (κ2) is 5.57. The van der Waals surface area contributed by atoms with Crippen molar-refractivity contribution in [3.63, 3.8) is 0 Å². The average molecular weight is 284 g/mol. The van der Waals surface area contributed by atoms with E-state index in [4.69, 9.17) is 4.74 Å². The van der Waals surface area contributed by atoms with Crippen LogP contribution in [0.5, 0.6) is 5.75 Å². The average Bonchev–Trinajstić information content (AvgIpc) is 2.38. The SMILES string of the molecule is COc1cc(Sc2ccccc2)ccc1C(F)(F)F. The molecule has 0 saturated carbocycles. The molecule has 0 radical (unpaired) electrons. The molecule has 0 atom stereocenters. The van der Waals surface area contributed by atoms with Crippen molar-refractivity contribution in [2.75, 3.05) is 7.11 Å². The number of ether oxygens (including phenoxy) is 1. The van der Waals surface area contributed by atoms with Gasteiger partial charge in [-0.2, -0.15) is 13.2 Å². The van der Waals surface area contributed by atoms with E-state index in [1.165, 1.54) is 31.0 Å². The van der Waals surface area contributed by atoms with Crippen LogP contribution >= 0.6 is 11.8 Å². The summed E-state index contributed by atoms with van der Waals surface area (Å²) in [5.74, 6) is -0.159. The van der Waals surface area contributed by atoms with E-state index in [0.29, 0.717) is 4.90 Å². The smallest absolute Gasteiger partial charge is 0.419 e. The van der Waals surface area contributed by atoms with Gasteiger partial charge in [0.1, 0.15) is 5.75 Å². The molecular weight excluding hydrogens is 273 g/mol. The zero-order valence-electron chi connectivity index (χ0n) is 10.1. The Morgan fingerprint density at radius 3 is 2.21 bits per heavy atom. The first-order valence-electron chi connectivity index (χ1n) is 5.49. The number of alkyl halides is 3. The summed E-state index contributed by atoms with van der Waals surface area (Å²) in [5, 5.41) is 0. The van der Waals surface area contributed by atoms with Gasteiger partial charge in [0.05, 0.1) is 12.7 Å². The Balaban J connectivity index is 2.30. The van der Waals surface area contributed by atoms with Gasteiger partial charge in [0.25, 0.3) is 0 Å². The molecule has 0 amide bonds. The van der Waals surface area contributed by atoms with E-state index in [0.717, 1.165) is 11.0 Å². The third-order valence-corrected chi connectivity index (χ3v) is 3.45. The van der Waals surface area contributed by atoms with Gasteiger partial charge in [0.15, 0.2) is 0 Å². The summed E-state index contributed by atoms with van der Waals surface area (Å²) in [6, 6.07) is 13.3. The van der Waals surface area contributed by atoms with Crippen LogP contribution < -0.4 is 4.74 Å². The van der Waals surface area contributed by atoms with E-state index in [9.17, 15) is 13.2 Å². The Labute approximate surface area is 113 Å². The monoisotopic (exact) mass is 284 g/mol. The molecule has 0 N–H and O–H groups in total. The molecule has 0 aliphatic heterocycles. The van der Waals surface area contributed by atoms with Crippen molar-refractivity contribution < 1.29 is 17.9 Å². The maximum absolute atomic E-state index is 12.7. The Hall–Kier alpha value is -1.62. The highest BCUT2D eigenvalue weighted by molar-refractivity contribution is 7.99. The molecule has 0 fully saturated rings. The Bertz CT molecular complexity index is 552. The van der Waals surface area contributed by atoms with Crippen LogP contribution in [-0.4, -0.2) is 7.11 Å². The lowest BCUT2D eigenvalue weighted by Crippen LogP contribution is -2.07. The minimum atomic E-state index is -4.40. The minimum Gasteiger partial charge on any atom is -0.496 e. The van der Waals surface area contributed by atoms with Gasteiger partial charge in [-0.25, -0.2) is 0 Å². The van der Waals surface area contributed by atoms with Crippen molar-refractivity contribution in [1.29, 1.82) is 0 Å². The van der Waals surface area contributed by atoms with Crippen LogP contribution in [0.2, 0.25) is 0 Å². The Morgan fingerprint density at radius 2 is 1.63 bits per heavy atom. The molecule has 5 heteroatoms. The number of hydrogen-bond donors (Lipinski definition) is 0. The summed E-state index contributed by atoms with van der Waals surface area (Å²) >= 11 is 1.39. The van der Waals surface area contributed by atoms with Gasteiger partial charge in [-0.1, -0.05) is 30.0 Å². The van der Waals surface area contributed by atoms with E-state index in [1.807, 2.05) is 30.3 Å². The van der Waals surface area contributed by atoms with Gasteiger partial charge in [-0.05, 0) is 30.3 Å². The largest absolute Gasteiger partial charge is 0.496 e. The number of benzene rings is 2.